The maximum atomic E-state index is 6.05. The molecule has 1 aliphatic heterocycles. The minimum absolute atomic E-state index is 0.348. The molecule has 0 aromatic heterocycles. The number of nitrogens with two attached hydrogens (primary N) is 1. The summed E-state index contributed by atoms with van der Waals surface area (Å²) in [6, 6.07) is 17.8. The molecule has 20 heavy (non-hydrogen) atoms. The van der Waals surface area contributed by atoms with Gasteiger partial charge in [-0.2, -0.15) is 0 Å². The van der Waals surface area contributed by atoms with E-state index in [1.807, 2.05) is 0 Å². The molecular formula is C18H22N2. The summed E-state index contributed by atoms with van der Waals surface area (Å²) in [7, 11) is 0. The fraction of sp³-hybridized carbons (Fsp3) is 0.333. The van der Waals surface area contributed by atoms with Gasteiger partial charge in [-0.1, -0.05) is 54.1 Å². The van der Waals surface area contributed by atoms with Crippen LogP contribution in [0.25, 0.3) is 0 Å². The quantitative estimate of drug-likeness (QED) is 0.925. The number of hydrogen-bond acceptors (Lipinski definition) is 2. The molecule has 0 fully saturated rings. The van der Waals surface area contributed by atoms with Crippen molar-refractivity contribution in [3.63, 3.8) is 0 Å². The molecule has 2 aromatic carbocycles. The van der Waals surface area contributed by atoms with Crippen molar-refractivity contribution in [2.24, 2.45) is 5.73 Å². The summed E-state index contributed by atoms with van der Waals surface area (Å²) in [6.45, 7) is 4.91. The van der Waals surface area contributed by atoms with Crippen LogP contribution in [0.4, 0.5) is 0 Å². The van der Waals surface area contributed by atoms with E-state index < -0.39 is 0 Å². The normalized spacial score (nSPS) is 18.8. The van der Waals surface area contributed by atoms with E-state index in [-0.39, 0.29) is 0 Å². The Morgan fingerprint density at radius 2 is 2.00 bits per heavy atom. The molecule has 0 saturated carbocycles. The maximum absolute atomic E-state index is 6.05. The van der Waals surface area contributed by atoms with Crippen LogP contribution in [0, 0.1) is 6.92 Å². The lowest BCUT2D eigenvalue weighted by Gasteiger charge is -2.36. The molecule has 0 amide bonds. The molecule has 2 heteroatoms. The van der Waals surface area contributed by atoms with Crippen molar-refractivity contribution >= 4 is 0 Å². The van der Waals surface area contributed by atoms with Gasteiger partial charge in [0.2, 0.25) is 0 Å². The van der Waals surface area contributed by atoms with Crippen LogP contribution in [-0.2, 0) is 13.0 Å². The van der Waals surface area contributed by atoms with Crippen LogP contribution >= 0.6 is 0 Å². The van der Waals surface area contributed by atoms with Crippen molar-refractivity contribution in [2.45, 2.75) is 25.9 Å². The van der Waals surface area contributed by atoms with E-state index in [0.29, 0.717) is 12.6 Å². The Labute approximate surface area is 121 Å². The third-order valence-electron chi connectivity index (χ3n) is 4.21. The lowest BCUT2D eigenvalue weighted by atomic mass is 9.92. The molecule has 0 bridgehead atoms. The first kappa shape index (κ1) is 13.3. The van der Waals surface area contributed by atoms with Crippen LogP contribution in [0.3, 0.4) is 0 Å². The van der Waals surface area contributed by atoms with Gasteiger partial charge in [-0.05, 0) is 30.0 Å². The highest BCUT2D eigenvalue weighted by Crippen LogP contribution is 2.30. The van der Waals surface area contributed by atoms with Crippen LogP contribution < -0.4 is 5.73 Å². The smallest absolute Gasteiger partial charge is 0.0476 e. The summed E-state index contributed by atoms with van der Waals surface area (Å²) in [5.74, 6) is 0. The molecule has 1 aliphatic rings. The Morgan fingerprint density at radius 3 is 2.80 bits per heavy atom. The van der Waals surface area contributed by atoms with E-state index in [1.165, 1.54) is 22.3 Å². The van der Waals surface area contributed by atoms with Crippen molar-refractivity contribution < 1.29 is 0 Å². The Bertz CT molecular complexity index is 591. The fourth-order valence-electron chi connectivity index (χ4n) is 3.21. The van der Waals surface area contributed by atoms with Crippen LogP contribution in [0.2, 0.25) is 0 Å². The number of benzene rings is 2. The van der Waals surface area contributed by atoms with Gasteiger partial charge in [-0.3, -0.25) is 4.90 Å². The molecule has 3 rings (SSSR count). The highest BCUT2D eigenvalue weighted by Gasteiger charge is 2.25. The number of rotatable bonds is 3. The standard InChI is InChI=1S/C18H22N2/c1-14-5-4-6-15(11-14)13-20-10-9-16-7-2-3-8-17(16)18(20)12-19/h2-8,11,18H,9-10,12-13,19H2,1H3. The zero-order chi connectivity index (χ0) is 13.9. The number of hydrogen-bond donors (Lipinski definition) is 1. The first-order chi connectivity index (χ1) is 9.78. The van der Waals surface area contributed by atoms with Crippen LogP contribution in [0.15, 0.2) is 48.5 Å². The second kappa shape index (κ2) is 5.78. The second-order valence-corrected chi connectivity index (χ2v) is 5.66. The van der Waals surface area contributed by atoms with Gasteiger partial charge in [0.25, 0.3) is 0 Å². The molecule has 1 atom stereocenters. The zero-order valence-corrected chi connectivity index (χ0v) is 12.0. The van der Waals surface area contributed by atoms with Crippen molar-refractivity contribution in [1.29, 1.82) is 0 Å². The predicted octanol–water partition coefficient (Wildman–Crippen LogP) is 3.05. The van der Waals surface area contributed by atoms with Crippen molar-refractivity contribution in [3.05, 3.63) is 70.8 Å². The van der Waals surface area contributed by atoms with E-state index in [4.69, 9.17) is 5.73 Å². The Kier molecular flexibility index (Phi) is 3.86. The average molecular weight is 266 g/mol. The minimum Gasteiger partial charge on any atom is -0.329 e. The first-order valence-corrected chi connectivity index (χ1v) is 7.35. The predicted molar refractivity (Wildman–Crippen MR) is 83.5 cm³/mol. The van der Waals surface area contributed by atoms with Crippen LogP contribution in [0.5, 0.6) is 0 Å². The molecule has 0 spiro atoms. The Morgan fingerprint density at radius 1 is 1.15 bits per heavy atom. The van der Waals surface area contributed by atoms with E-state index in [2.05, 4.69) is 60.4 Å². The Hall–Kier alpha value is -1.64. The van der Waals surface area contributed by atoms with Crippen LogP contribution in [0.1, 0.15) is 28.3 Å². The van der Waals surface area contributed by atoms with E-state index in [1.54, 1.807) is 0 Å². The molecule has 2 aromatic rings. The molecule has 2 N–H and O–H groups in total. The summed E-state index contributed by atoms with van der Waals surface area (Å²) in [4.78, 5) is 2.51. The molecular weight excluding hydrogens is 244 g/mol. The second-order valence-electron chi connectivity index (χ2n) is 5.66. The number of aryl methyl sites for hydroxylation is 1. The minimum atomic E-state index is 0.348. The topological polar surface area (TPSA) is 29.3 Å². The summed E-state index contributed by atoms with van der Waals surface area (Å²) in [6.07, 6.45) is 1.12. The molecule has 1 unspecified atom stereocenters. The molecule has 0 saturated heterocycles. The van der Waals surface area contributed by atoms with Gasteiger partial charge < -0.3 is 5.73 Å². The Balaban J connectivity index is 1.84. The first-order valence-electron chi connectivity index (χ1n) is 7.35. The summed E-state index contributed by atoms with van der Waals surface area (Å²) < 4.78 is 0. The van der Waals surface area contributed by atoms with Gasteiger partial charge in [-0.25, -0.2) is 0 Å². The highest BCUT2D eigenvalue weighted by atomic mass is 15.2. The van der Waals surface area contributed by atoms with Gasteiger partial charge in [0.05, 0.1) is 0 Å². The largest absolute Gasteiger partial charge is 0.329 e. The van der Waals surface area contributed by atoms with Gasteiger partial charge >= 0.3 is 0 Å². The van der Waals surface area contributed by atoms with Gasteiger partial charge in [-0.15, -0.1) is 0 Å². The van der Waals surface area contributed by atoms with E-state index in [0.717, 1.165) is 19.5 Å². The maximum Gasteiger partial charge on any atom is 0.0476 e. The summed E-state index contributed by atoms with van der Waals surface area (Å²) in [5.41, 5.74) is 11.6. The van der Waals surface area contributed by atoms with Gasteiger partial charge in [0, 0.05) is 25.7 Å². The van der Waals surface area contributed by atoms with Gasteiger partial charge in [0.1, 0.15) is 0 Å². The summed E-state index contributed by atoms with van der Waals surface area (Å²) in [5, 5.41) is 0. The lowest BCUT2D eigenvalue weighted by Crippen LogP contribution is -2.38. The highest BCUT2D eigenvalue weighted by molar-refractivity contribution is 5.33. The zero-order valence-electron chi connectivity index (χ0n) is 12.0. The molecule has 0 radical (unpaired) electrons. The monoisotopic (exact) mass is 266 g/mol. The third kappa shape index (κ3) is 2.62. The lowest BCUT2D eigenvalue weighted by molar-refractivity contribution is 0.181. The third-order valence-corrected chi connectivity index (χ3v) is 4.21. The van der Waals surface area contributed by atoms with Crippen molar-refractivity contribution in [3.8, 4) is 0 Å². The number of nitrogens with zero attached hydrogens (tertiary/aromatic N) is 1. The average Bonchev–Trinajstić information content (AvgIpc) is 2.47. The van der Waals surface area contributed by atoms with Crippen LogP contribution in [-0.4, -0.2) is 18.0 Å². The van der Waals surface area contributed by atoms with E-state index >= 15 is 0 Å². The molecule has 104 valence electrons. The molecule has 1 heterocycles. The van der Waals surface area contributed by atoms with Gasteiger partial charge in [0.15, 0.2) is 0 Å². The molecule has 2 nitrogen and oxygen atoms in total. The van der Waals surface area contributed by atoms with Crippen molar-refractivity contribution in [2.75, 3.05) is 13.1 Å². The summed E-state index contributed by atoms with van der Waals surface area (Å²) >= 11 is 0. The fourth-order valence-corrected chi connectivity index (χ4v) is 3.21. The number of fused-ring (bicyclic) bond motifs is 1. The SMILES string of the molecule is Cc1cccc(CN2CCc3ccccc3C2CN)c1. The van der Waals surface area contributed by atoms with E-state index in [9.17, 15) is 0 Å². The molecule has 0 aliphatic carbocycles. The van der Waals surface area contributed by atoms with Crippen molar-refractivity contribution in [1.82, 2.24) is 4.90 Å².